The van der Waals surface area contributed by atoms with E-state index in [-0.39, 0.29) is 6.61 Å². The molecule has 2 N–H and O–H groups in total. The van der Waals surface area contributed by atoms with E-state index in [0.29, 0.717) is 13.1 Å². The molecule has 0 spiro atoms. The Balaban J connectivity index is 1.66. The van der Waals surface area contributed by atoms with Crippen LogP contribution in [0.15, 0.2) is 67.4 Å². The number of hydrogen-bond donors (Lipinski definition) is 2. The zero-order valence-electron chi connectivity index (χ0n) is 12.4. The summed E-state index contributed by atoms with van der Waals surface area (Å²) in [5, 5.41) is 13.1. The Morgan fingerprint density at radius 1 is 1.05 bits per heavy atom. The first-order valence-corrected chi connectivity index (χ1v) is 7.21. The van der Waals surface area contributed by atoms with Gasteiger partial charge in [-0.2, -0.15) is 0 Å². The standard InChI is InChI=1S/C18H21NO3/c1-2-21-18-10-8-15(9-11-18)12-19-13-16(20)14-22-17-6-4-3-5-7-17/h2-11,16,19-20H,1,12-14H2. The maximum atomic E-state index is 9.88. The first-order chi connectivity index (χ1) is 10.8. The molecular weight excluding hydrogens is 278 g/mol. The topological polar surface area (TPSA) is 50.7 Å². The minimum atomic E-state index is -0.552. The van der Waals surface area contributed by atoms with Crippen LogP contribution in [0.2, 0.25) is 0 Å². The molecule has 0 saturated heterocycles. The van der Waals surface area contributed by atoms with Gasteiger partial charge in [-0.15, -0.1) is 0 Å². The van der Waals surface area contributed by atoms with Gasteiger partial charge < -0.3 is 19.9 Å². The van der Waals surface area contributed by atoms with E-state index in [4.69, 9.17) is 9.47 Å². The van der Waals surface area contributed by atoms with E-state index in [0.717, 1.165) is 17.1 Å². The van der Waals surface area contributed by atoms with Crippen LogP contribution in [-0.4, -0.2) is 24.4 Å². The number of ether oxygens (including phenoxy) is 2. The molecule has 2 rings (SSSR count). The Labute approximate surface area is 131 Å². The molecule has 0 amide bonds. The van der Waals surface area contributed by atoms with Gasteiger partial charge in [-0.05, 0) is 29.8 Å². The summed E-state index contributed by atoms with van der Waals surface area (Å²) in [6.07, 6.45) is 0.847. The minimum Gasteiger partial charge on any atom is -0.491 e. The summed E-state index contributed by atoms with van der Waals surface area (Å²) in [6.45, 7) is 4.93. The van der Waals surface area contributed by atoms with Crippen molar-refractivity contribution in [2.75, 3.05) is 13.2 Å². The molecule has 2 aromatic carbocycles. The van der Waals surface area contributed by atoms with E-state index in [1.165, 1.54) is 6.26 Å². The van der Waals surface area contributed by atoms with Crippen LogP contribution in [0.3, 0.4) is 0 Å². The first kappa shape index (κ1) is 16.1. The smallest absolute Gasteiger partial charge is 0.126 e. The van der Waals surface area contributed by atoms with Crippen molar-refractivity contribution in [2.45, 2.75) is 12.6 Å². The van der Waals surface area contributed by atoms with Crippen LogP contribution in [0.4, 0.5) is 0 Å². The fourth-order valence-corrected chi connectivity index (χ4v) is 1.93. The van der Waals surface area contributed by atoms with Gasteiger partial charge in [0, 0.05) is 13.1 Å². The quantitative estimate of drug-likeness (QED) is 0.699. The van der Waals surface area contributed by atoms with Crippen LogP contribution in [0.1, 0.15) is 5.56 Å². The van der Waals surface area contributed by atoms with Crippen LogP contribution in [-0.2, 0) is 6.54 Å². The molecule has 22 heavy (non-hydrogen) atoms. The van der Waals surface area contributed by atoms with Crippen LogP contribution >= 0.6 is 0 Å². The fourth-order valence-electron chi connectivity index (χ4n) is 1.93. The van der Waals surface area contributed by atoms with Gasteiger partial charge in [0.2, 0.25) is 0 Å². The number of para-hydroxylation sites is 1. The van der Waals surface area contributed by atoms with Gasteiger partial charge in [0.05, 0.1) is 6.26 Å². The van der Waals surface area contributed by atoms with Crippen molar-refractivity contribution in [3.63, 3.8) is 0 Å². The van der Waals surface area contributed by atoms with E-state index in [1.54, 1.807) is 0 Å². The second kappa shape index (κ2) is 8.87. The van der Waals surface area contributed by atoms with Crippen LogP contribution in [0, 0.1) is 0 Å². The molecule has 4 heteroatoms. The van der Waals surface area contributed by atoms with Crippen molar-refractivity contribution in [2.24, 2.45) is 0 Å². The zero-order chi connectivity index (χ0) is 15.6. The van der Waals surface area contributed by atoms with E-state index in [2.05, 4.69) is 11.9 Å². The number of aliphatic hydroxyl groups is 1. The second-order valence-electron chi connectivity index (χ2n) is 4.84. The summed E-state index contributed by atoms with van der Waals surface area (Å²) in [7, 11) is 0. The molecule has 4 nitrogen and oxygen atoms in total. The molecule has 0 saturated carbocycles. The highest BCUT2D eigenvalue weighted by Crippen LogP contribution is 2.12. The number of hydrogen-bond acceptors (Lipinski definition) is 4. The summed E-state index contributed by atoms with van der Waals surface area (Å²) in [4.78, 5) is 0. The monoisotopic (exact) mass is 299 g/mol. The number of nitrogens with one attached hydrogen (secondary N) is 1. The minimum absolute atomic E-state index is 0.267. The molecule has 1 unspecified atom stereocenters. The summed E-state index contributed by atoms with van der Waals surface area (Å²) in [5.41, 5.74) is 1.12. The van der Waals surface area contributed by atoms with Crippen molar-refractivity contribution in [3.8, 4) is 11.5 Å². The molecule has 0 radical (unpaired) electrons. The van der Waals surface area contributed by atoms with Crippen molar-refractivity contribution in [1.82, 2.24) is 5.32 Å². The molecule has 0 aromatic heterocycles. The summed E-state index contributed by atoms with van der Waals surface area (Å²) >= 11 is 0. The van der Waals surface area contributed by atoms with Crippen molar-refractivity contribution >= 4 is 0 Å². The molecule has 0 fully saturated rings. The predicted molar refractivity (Wildman–Crippen MR) is 86.9 cm³/mol. The molecule has 2 aromatic rings. The average Bonchev–Trinajstić information content (AvgIpc) is 2.56. The van der Waals surface area contributed by atoms with Crippen molar-refractivity contribution in [1.29, 1.82) is 0 Å². The van der Waals surface area contributed by atoms with Crippen LogP contribution in [0.25, 0.3) is 0 Å². The molecule has 116 valence electrons. The highest BCUT2D eigenvalue weighted by molar-refractivity contribution is 5.27. The third kappa shape index (κ3) is 5.60. The van der Waals surface area contributed by atoms with E-state index in [9.17, 15) is 5.11 Å². The van der Waals surface area contributed by atoms with E-state index >= 15 is 0 Å². The molecule has 0 aliphatic rings. The zero-order valence-corrected chi connectivity index (χ0v) is 12.4. The normalized spacial score (nSPS) is 11.7. The Morgan fingerprint density at radius 2 is 1.77 bits per heavy atom. The van der Waals surface area contributed by atoms with Gasteiger partial charge in [0.15, 0.2) is 0 Å². The number of benzene rings is 2. The lowest BCUT2D eigenvalue weighted by molar-refractivity contribution is 0.106. The lowest BCUT2D eigenvalue weighted by Crippen LogP contribution is -2.31. The van der Waals surface area contributed by atoms with Crippen LogP contribution in [0.5, 0.6) is 11.5 Å². The molecular formula is C18H21NO3. The van der Waals surface area contributed by atoms with Gasteiger partial charge in [0.25, 0.3) is 0 Å². The molecule has 1 atom stereocenters. The van der Waals surface area contributed by atoms with Gasteiger partial charge in [0.1, 0.15) is 24.2 Å². The van der Waals surface area contributed by atoms with Crippen molar-refractivity contribution in [3.05, 3.63) is 73.0 Å². The van der Waals surface area contributed by atoms with Gasteiger partial charge >= 0.3 is 0 Å². The molecule has 0 aliphatic carbocycles. The number of rotatable bonds is 9. The lowest BCUT2D eigenvalue weighted by atomic mass is 10.2. The Kier molecular flexibility index (Phi) is 6.48. The van der Waals surface area contributed by atoms with Gasteiger partial charge in [-0.1, -0.05) is 36.9 Å². The highest BCUT2D eigenvalue weighted by atomic mass is 16.5. The van der Waals surface area contributed by atoms with Crippen molar-refractivity contribution < 1.29 is 14.6 Å². The summed E-state index contributed by atoms with van der Waals surface area (Å²) < 4.78 is 10.7. The maximum Gasteiger partial charge on any atom is 0.126 e. The predicted octanol–water partition coefficient (Wildman–Crippen LogP) is 2.74. The Bertz CT molecular complexity index is 554. The maximum absolute atomic E-state index is 9.88. The Morgan fingerprint density at radius 3 is 2.45 bits per heavy atom. The molecule has 0 heterocycles. The molecule has 0 aliphatic heterocycles. The second-order valence-corrected chi connectivity index (χ2v) is 4.84. The lowest BCUT2D eigenvalue weighted by Gasteiger charge is -2.13. The van der Waals surface area contributed by atoms with Crippen LogP contribution < -0.4 is 14.8 Å². The first-order valence-electron chi connectivity index (χ1n) is 7.21. The van der Waals surface area contributed by atoms with Gasteiger partial charge in [-0.3, -0.25) is 0 Å². The largest absolute Gasteiger partial charge is 0.491 e. The summed E-state index contributed by atoms with van der Waals surface area (Å²) in [6, 6.07) is 17.2. The molecule has 0 bridgehead atoms. The Hall–Kier alpha value is -2.30. The highest BCUT2D eigenvalue weighted by Gasteiger charge is 2.05. The SMILES string of the molecule is C=COc1ccc(CNCC(O)COc2ccccc2)cc1. The third-order valence-electron chi connectivity index (χ3n) is 3.04. The van der Waals surface area contributed by atoms with E-state index in [1.807, 2.05) is 54.6 Å². The van der Waals surface area contributed by atoms with Gasteiger partial charge in [-0.25, -0.2) is 0 Å². The van der Waals surface area contributed by atoms with E-state index < -0.39 is 6.10 Å². The average molecular weight is 299 g/mol. The third-order valence-corrected chi connectivity index (χ3v) is 3.04. The summed E-state index contributed by atoms with van der Waals surface area (Å²) in [5.74, 6) is 1.52. The number of aliphatic hydroxyl groups excluding tert-OH is 1. The fraction of sp³-hybridized carbons (Fsp3) is 0.222.